The van der Waals surface area contributed by atoms with E-state index in [0.29, 0.717) is 63.6 Å². The highest BCUT2D eigenvalue weighted by molar-refractivity contribution is 6.31. The third-order valence-electron chi connectivity index (χ3n) is 6.33. The molecule has 4 aromatic rings. The Morgan fingerprint density at radius 3 is 2.42 bits per heavy atom. The molecule has 2 heterocycles. The summed E-state index contributed by atoms with van der Waals surface area (Å²) >= 11 is 6.20. The summed E-state index contributed by atoms with van der Waals surface area (Å²) in [6.45, 7) is 7.07. The number of hydrogen-bond acceptors (Lipinski definition) is 6. The second kappa shape index (κ2) is 10.4. The van der Waals surface area contributed by atoms with Crippen LogP contribution >= 0.6 is 11.6 Å². The molecule has 0 N–H and O–H groups in total. The summed E-state index contributed by atoms with van der Waals surface area (Å²) in [6, 6.07) is 16.6. The Hall–Kier alpha value is -3.97. The lowest BCUT2D eigenvalue weighted by molar-refractivity contribution is 0.0971. The first-order chi connectivity index (χ1) is 18.3. The lowest BCUT2D eigenvalue weighted by Gasteiger charge is -2.26. The fourth-order valence-electron chi connectivity index (χ4n) is 4.63. The molecule has 3 aromatic carbocycles. The predicted molar refractivity (Wildman–Crippen MR) is 147 cm³/mol. The number of hydrogen-bond donors (Lipinski definition) is 0. The van der Waals surface area contributed by atoms with E-state index in [0.717, 1.165) is 0 Å². The van der Waals surface area contributed by atoms with E-state index in [1.165, 1.54) is 0 Å². The van der Waals surface area contributed by atoms with E-state index < -0.39 is 11.9 Å². The number of nitrogens with zero attached hydrogens (tertiary/aromatic N) is 1. The van der Waals surface area contributed by atoms with E-state index >= 15 is 0 Å². The zero-order valence-electron chi connectivity index (χ0n) is 21.6. The maximum absolute atomic E-state index is 13.8. The standard InChI is InChI=1S/C30H28ClNO6/c1-5-36-21-10-8-20(9-11-21)32-27(18-6-12-24(25(14-18)35-4)37-16-17(2)3)26-28(33)22-15-19(31)7-13-23(22)38-29(26)30(32)34/h6-15,17,27H,5,16H2,1-4H3. The van der Waals surface area contributed by atoms with Crippen molar-refractivity contribution in [2.75, 3.05) is 25.2 Å². The zero-order valence-corrected chi connectivity index (χ0v) is 22.4. The van der Waals surface area contributed by atoms with Gasteiger partial charge in [0.25, 0.3) is 5.91 Å². The largest absolute Gasteiger partial charge is 0.494 e. The molecule has 0 saturated heterocycles. The molecule has 1 aliphatic heterocycles. The molecule has 0 saturated carbocycles. The van der Waals surface area contributed by atoms with E-state index in [4.69, 9.17) is 30.2 Å². The van der Waals surface area contributed by atoms with Gasteiger partial charge < -0.3 is 18.6 Å². The number of anilines is 1. The number of rotatable bonds is 8. The number of carbonyl (C=O) groups is 1. The van der Waals surface area contributed by atoms with E-state index in [-0.39, 0.29) is 16.8 Å². The molecule has 196 valence electrons. The minimum atomic E-state index is -0.761. The number of ether oxygens (including phenoxy) is 3. The summed E-state index contributed by atoms with van der Waals surface area (Å²) in [5, 5.41) is 0.716. The molecule has 8 heteroatoms. The van der Waals surface area contributed by atoms with Gasteiger partial charge in [-0.1, -0.05) is 31.5 Å². The average Bonchev–Trinajstić information content (AvgIpc) is 3.20. The Kier molecular flexibility index (Phi) is 7.04. The molecule has 0 spiro atoms. The van der Waals surface area contributed by atoms with Gasteiger partial charge in [0.1, 0.15) is 11.3 Å². The number of carbonyl (C=O) groups excluding carboxylic acids is 1. The van der Waals surface area contributed by atoms with Gasteiger partial charge in [0.05, 0.1) is 37.3 Å². The van der Waals surface area contributed by atoms with Gasteiger partial charge in [-0.2, -0.15) is 0 Å². The molecule has 5 rings (SSSR count). The summed E-state index contributed by atoms with van der Waals surface area (Å²) in [7, 11) is 1.56. The summed E-state index contributed by atoms with van der Waals surface area (Å²) in [6.07, 6.45) is 0. The summed E-state index contributed by atoms with van der Waals surface area (Å²) in [4.78, 5) is 29.2. The van der Waals surface area contributed by atoms with Crippen molar-refractivity contribution in [2.24, 2.45) is 5.92 Å². The van der Waals surface area contributed by atoms with Crippen molar-refractivity contribution in [2.45, 2.75) is 26.8 Å². The Bertz CT molecular complexity index is 1560. The van der Waals surface area contributed by atoms with E-state index in [2.05, 4.69) is 13.8 Å². The molecule has 1 aliphatic rings. The molecular weight excluding hydrogens is 506 g/mol. The van der Waals surface area contributed by atoms with Crippen molar-refractivity contribution in [3.8, 4) is 17.2 Å². The molecular formula is C30H28ClNO6. The van der Waals surface area contributed by atoms with Crippen LogP contribution in [-0.2, 0) is 0 Å². The third-order valence-corrected chi connectivity index (χ3v) is 6.57. The average molecular weight is 534 g/mol. The smallest absolute Gasteiger partial charge is 0.295 e. The van der Waals surface area contributed by atoms with Crippen LogP contribution in [0, 0.1) is 5.92 Å². The van der Waals surface area contributed by atoms with Crippen LogP contribution in [-0.4, -0.2) is 26.2 Å². The van der Waals surface area contributed by atoms with Crippen LogP contribution < -0.4 is 24.5 Å². The van der Waals surface area contributed by atoms with Crippen LogP contribution in [0.25, 0.3) is 11.0 Å². The Balaban J connectivity index is 1.70. The highest BCUT2D eigenvalue weighted by Gasteiger charge is 2.44. The number of amides is 1. The topological polar surface area (TPSA) is 78.2 Å². The molecule has 1 unspecified atom stereocenters. The maximum Gasteiger partial charge on any atom is 0.295 e. The summed E-state index contributed by atoms with van der Waals surface area (Å²) in [5.41, 5.74) is 1.50. The number of benzene rings is 3. The molecule has 1 amide bonds. The minimum absolute atomic E-state index is 0.00260. The van der Waals surface area contributed by atoms with Gasteiger partial charge in [-0.05, 0) is 73.0 Å². The van der Waals surface area contributed by atoms with Crippen LogP contribution in [0.1, 0.15) is 48.5 Å². The number of halogens is 1. The molecule has 0 bridgehead atoms. The van der Waals surface area contributed by atoms with Crippen LogP contribution in [0.3, 0.4) is 0 Å². The van der Waals surface area contributed by atoms with E-state index in [1.807, 2.05) is 13.0 Å². The molecule has 1 aromatic heterocycles. The first-order valence-electron chi connectivity index (χ1n) is 12.5. The predicted octanol–water partition coefficient (Wildman–Crippen LogP) is 6.64. The monoisotopic (exact) mass is 533 g/mol. The Morgan fingerprint density at radius 1 is 0.974 bits per heavy atom. The normalized spacial score (nSPS) is 14.7. The van der Waals surface area contributed by atoms with Crippen molar-refractivity contribution in [3.05, 3.63) is 92.8 Å². The zero-order chi connectivity index (χ0) is 27.0. The molecule has 38 heavy (non-hydrogen) atoms. The van der Waals surface area contributed by atoms with Crippen molar-refractivity contribution in [1.82, 2.24) is 0 Å². The number of fused-ring (bicyclic) bond motifs is 2. The van der Waals surface area contributed by atoms with Crippen LogP contribution in [0.15, 0.2) is 69.9 Å². The molecule has 0 radical (unpaired) electrons. The highest BCUT2D eigenvalue weighted by atomic mass is 35.5. The fraction of sp³-hybridized carbons (Fsp3) is 0.267. The van der Waals surface area contributed by atoms with Crippen LogP contribution in [0.5, 0.6) is 17.2 Å². The van der Waals surface area contributed by atoms with Crippen molar-refractivity contribution in [3.63, 3.8) is 0 Å². The lowest BCUT2D eigenvalue weighted by Crippen LogP contribution is -2.29. The molecule has 0 aliphatic carbocycles. The SMILES string of the molecule is CCOc1ccc(N2C(=O)c3oc4ccc(Cl)cc4c(=O)c3C2c2ccc(OCC(C)C)c(OC)c2)cc1. The second-order valence-corrected chi connectivity index (χ2v) is 9.87. The molecule has 7 nitrogen and oxygen atoms in total. The highest BCUT2D eigenvalue weighted by Crippen LogP contribution is 2.43. The van der Waals surface area contributed by atoms with Gasteiger partial charge in [-0.25, -0.2) is 0 Å². The first kappa shape index (κ1) is 25.7. The fourth-order valence-corrected chi connectivity index (χ4v) is 4.80. The van der Waals surface area contributed by atoms with Gasteiger partial charge in [-0.15, -0.1) is 0 Å². The van der Waals surface area contributed by atoms with Gasteiger partial charge in [0, 0.05) is 10.7 Å². The minimum Gasteiger partial charge on any atom is -0.494 e. The van der Waals surface area contributed by atoms with E-state index in [9.17, 15) is 9.59 Å². The second-order valence-electron chi connectivity index (χ2n) is 9.43. The van der Waals surface area contributed by atoms with Gasteiger partial charge in [0.15, 0.2) is 16.9 Å². The third kappa shape index (κ3) is 4.58. The maximum atomic E-state index is 13.8. The quantitative estimate of drug-likeness (QED) is 0.253. The number of methoxy groups -OCH3 is 1. The van der Waals surface area contributed by atoms with Gasteiger partial charge in [0.2, 0.25) is 5.76 Å². The van der Waals surface area contributed by atoms with Crippen molar-refractivity contribution in [1.29, 1.82) is 0 Å². The van der Waals surface area contributed by atoms with Gasteiger partial charge in [-0.3, -0.25) is 14.5 Å². The molecule has 1 atom stereocenters. The van der Waals surface area contributed by atoms with Crippen LogP contribution in [0.4, 0.5) is 5.69 Å². The van der Waals surface area contributed by atoms with Gasteiger partial charge >= 0.3 is 0 Å². The Morgan fingerprint density at radius 2 is 1.74 bits per heavy atom. The summed E-state index contributed by atoms with van der Waals surface area (Å²) in [5.74, 6) is 1.69. The van der Waals surface area contributed by atoms with Crippen molar-refractivity contribution >= 4 is 34.2 Å². The van der Waals surface area contributed by atoms with Crippen molar-refractivity contribution < 1.29 is 23.4 Å². The van der Waals surface area contributed by atoms with Crippen LogP contribution in [0.2, 0.25) is 5.02 Å². The Labute approximate surface area is 225 Å². The summed E-state index contributed by atoms with van der Waals surface area (Å²) < 4.78 is 23.2. The molecule has 0 fully saturated rings. The lowest BCUT2D eigenvalue weighted by atomic mass is 9.97. The first-order valence-corrected chi connectivity index (χ1v) is 12.8. The van der Waals surface area contributed by atoms with E-state index in [1.54, 1.807) is 66.6 Å².